The van der Waals surface area contributed by atoms with Crippen molar-refractivity contribution in [2.24, 2.45) is 0 Å². The molecule has 0 fully saturated rings. The summed E-state index contributed by atoms with van der Waals surface area (Å²) in [5, 5.41) is 2.26. The second kappa shape index (κ2) is 5.34. The molecule has 6 heteroatoms. The minimum Gasteiger partial charge on any atom is -0.473 e. The van der Waals surface area contributed by atoms with Crippen molar-refractivity contribution >= 4 is 34.6 Å². The van der Waals surface area contributed by atoms with Gasteiger partial charge >= 0.3 is 5.97 Å². The third-order valence-corrected chi connectivity index (χ3v) is 3.79. The Balaban J connectivity index is 1.60. The quantitative estimate of drug-likeness (QED) is 0.791. The number of carbonyl (C=O) groups excluding carboxylic acids is 3. The van der Waals surface area contributed by atoms with Crippen LogP contribution >= 0.6 is 0 Å². The number of imide groups is 1. The fraction of sp³-hybridized carbons (Fsp3) is 0.0556. The summed E-state index contributed by atoms with van der Waals surface area (Å²) in [4.78, 5) is 40.0. The lowest BCUT2D eigenvalue weighted by molar-refractivity contribution is -0.199. The predicted octanol–water partition coefficient (Wildman–Crippen LogP) is 2.00. The second-order valence-electron chi connectivity index (χ2n) is 5.32. The fourth-order valence-electron chi connectivity index (χ4n) is 2.63. The molecule has 2 aliphatic heterocycles. The van der Waals surface area contributed by atoms with E-state index in [-0.39, 0.29) is 0 Å². The first-order valence-electron chi connectivity index (χ1n) is 7.28. The Hall–Kier alpha value is -3.41. The van der Waals surface area contributed by atoms with Crippen LogP contribution in [0.2, 0.25) is 0 Å². The summed E-state index contributed by atoms with van der Waals surface area (Å²) >= 11 is 0. The van der Waals surface area contributed by atoms with Crippen molar-refractivity contribution in [3.63, 3.8) is 0 Å². The van der Waals surface area contributed by atoms with E-state index in [1.54, 1.807) is 6.08 Å². The maximum atomic E-state index is 12.2. The van der Waals surface area contributed by atoms with Gasteiger partial charge < -0.3 is 9.57 Å². The van der Waals surface area contributed by atoms with Crippen LogP contribution in [0.4, 0.5) is 0 Å². The molecule has 2 aromatic rings. The number of rotatable bonds is 2. The maximum absolute atomic E-state index is 12.2. The van der Waals surface area contributed by atoms with Crippen molar-refractivity contribution in [2.45, 2.75) is 6.10 Å². The molecule has 24 heavy (non-hydrogen) atoms. The normalized spacial score (nSPS) is 18.7. The van der Waals surface area contributed by atoms with Crippen molar-refractivity contribution in [2.75, 3.05) is 0 Å². The van der Waals surface area contributed by atoms with Crippen LogP contribution < -0.4 is 4.74 Å². The van der Waals surface area contributed by atoms with Gasteiger partial charge in [-0.3, -0.25) is 9.59 Å². The first-order valence-corrected chi connectivity index (χ1v) is 7.28. The van der Waals surface area contributed by atoms with Crippen molar-refractivity contribution in [1.82, 2.24) is 5.06 Å². The lowest BCUT2D eigenvalue weighted by Crippen LogP contribution is -2.38. The summed E-state index contributed by atoms with van der Waals surface area (Å²) in [5.41, 5.74) is 0.841. The Morgan fingerprint density at radius 1 is 1.00 bits per heavy atom. The van der Waals surface area contributed by atoms with Crippen LogP contribution in [0, 0.1) is 0 Å². The van der Waals surface area contributed by atoms with Crippen LogP contribution in [0.3, 0.4) is 0 Å². The smallest absolute Gasteiger partial charge is 0.377 e. The highest BCUT2D eigenvalue weighted by Crippen LogP contribution is 2.34. The van der Waals surface area contributed by atoms with Gasteiger partial charge in [0.2, 0.25) is 6.10 Å². The molecule has 2 aromatic carbocycles. The zero-order valence-corrected chi connectivity index (χ0v) is 12.3. The lowest BCUT2D eigenvalue weighted by atomic mass is 10.0. The van der Waals surface area contributed by atoms with Gasteiger partial charge in [-0.25, -0.2) is 4.79 Å². The number of ether oxygens (including phenoxy) is 1. The van der Waals surface area contributed by atoms with Gasteiger partial charge in [0, 0.05) is 23.1 Å². The highest BCUT2D eigenvalue weighted by molar-refractivity contribution is 6.12. The van der Waals surface area contributed by atoms with E-state index in [0.717, 1.165) is 28.5 Å². The van der Waals surface area contributed by atoms with E-state index >= 15 is 0 Å². The van der Waals surface area contributed by atoms with Crippen molar-refractivity contribution in [1.29, 1.82) is 0 Å². The molecule has 2 heterocycles. The summed E-state index contributed by atoms with van der Waals surface area (Å²) in [6.45, 7) is 0. The standard InChI is InChI=1S/C18H11NO5/c20-15-9-10-16(21)19(15)24-18(22)14-8-7-12-6-5-11-3-1-2-4-13(11)17(12)23-14/h1-10,14H. The number of nitrogens with zero attached hydrogens (tertiary/aromatic N) is 1. The topological polar surface area (TPSA) is 72.9 Å². The van der Waals surface area contributed by atoms with Gasteiger partial charge in [-0.05, 0) is 11.5 Å². The first-order chi connectivity index (χ1) is 11.6. The largest absolute Gasteiger partial charge is 0.473 e. The number of hydroxylamine groups is 2. The first kappa shape index (κ1) is 14.2. The summed E-state index contributed by atoms with van der Waals surface area (Å²) in [6, 6.07) is 11.5. The minimum atomic E-state index is -1.04. The fourth-order valence-corrected chi connectivity index (χ4v) is 2.63. The summed E-state index contributed by atoms with van der Waals surface area (Å²) < 4.78 is 5.76. The van der Waals surface area contributed by atoms with E-state index in [1.165, 1.54) is 6.08 Å². The number of benzene rings is 2. The van der Waals surface area contributed by atoms with Gasteiger partial charge in [0.05, 0.1) is 0 Å². The van der Waals surface area contributed by atoms with E-state index in [9.17, 15) is 14.4 Å². The predicted molar refractivity (Wildman–Crippen MR) is 84.5 cm³/mol. The number of fused-ring (bicyclic) bond motifs is 3. The molecular formula is C18H11NO5. The maximum Gasteiger partial charge on any atom is 0.377 e. The second-order valence-corrected chi connectivity index (χ2v) is 5.32. The average molecular weight is 321 g/mol. The Bertz CT molecular complexity index is 926. The molecule has 0 radical (unpaired) electrons. The Morgan fingerprint density at radius 3 is 2.54 bits per heavy atom. The van der Waals surface area contributed by atoms with E-state index < -0.39 is 23.9 Å². The van der Waals surface area contributed by atoms with Gasteiger partial charge in [-0.1, -0.05) is 47.5 Å². The summed E-state index contributed by atoms with van der Waals surface area (Å²) in [5.74, 6) is -1.66. The SMILES string of the molecule is O=C(ON1C(=O)C=CC1=O)C1C=Cc2ccc3ccccc3c2O1. The van der Waals surface area contributed by atoms with Crippen LogP contribution in [0.5, 0.6) is 5.75 Å². The highest BCUT2D eigenvalue weighted by Gasteiger charge is 2.32. The average Bonchev–Trinajstić information content (AvgIpc) is 2.93. The molecule has 0 spiro atoms. The molecular weight excluding hydrogens is 310 g/mol. The Labute approximate surface area is 136 Å². The van der Waals surface area contributed by atoms with Gasteiger partial charge in [0.1, 0.15) is 5.75 Å². The van der Waals surface area contributed by atoms with Crippen molar-refractivity contribution in [3.8, 4) is 5.75 Å². The summed E-state index contributed by atoms with van der Waals surface area (Å²) in [6.07, 6.45) is 4.32. The molecule has 118 valence electrons. The van der Waals surface area contributed by atoms with E-state index in [0.29, 0.717) is 10.8 Å². The molecule has 0 bridgehead atoms. The van der Waals surface area contributed by atoms with Gasteiger partial charge in [-0.2, -0.15) is 0 Å². The van der Waals surface area contributed by atoms with Crippen molar-refractivity contribution in [3.05, 3.63) is 60.2 Å². The van der Waals surface area contributed by atoms with Crippen LogP contribution in [-0.2, 0) is 19.2 Å². The van der Waals surface area contributed by atoms with Crippen molar-refractivity contribution < 1.29 is 24.0 Å². The number of amides is 2. The zero-order valence-electron chi connectivity index (χ0n) is 12.3. The third kappa shape index (κ3) is 2.25. The highest BCUT2D eigenvalue weighted by atomic mass is 16.7. The molecule has 1 unspecified atom stereocenters. The van der Waals surface area contributed by atoms with Crippen LogP contribution in [0.1, 0.15) is 5.56 Å². The molecule has 0 N–H and O–H groups in total. The number of hydrogen-bond donors (Lipinski definition) is 0. The molecule has 0 saturated heterocycles. The van der Waals surface area contributed by atoms with Crippen LogP contribution in [0.25, 0.3) is 16.8 Å². The van der Waals surface area contributed by atoms with E-state index in [1.807, 2.05) is 36.4 Å². The number of hydrogen-bond acceptors (Lipinski definition) is 5. The molecule has 2 amide bonds. The third-order valence-electron chi connectivity index (χ3n) is 3.79. The lowest BCUT2D eigenvalue weighted by Gasteiger charge is -2.22. The van der Waals surface area contributed by atoms with Gasteiger partial charge in [0.15, 0.2) is 0 Å². The molecule has 0 aromatic heterocycles. The van der Waals surface area contributed by atoms with Crippen LogP contribution in [-0.4, -0.2) is 29.0 Å². The van der Waals surface area contributed by atoms with E-state index in [2.05, 4.69) is 0 Å². The number of carbonyl (C=O) groups is 3. The van der Waals surface area contributed by atoms with Crippen LogP contribution in [0.15, 0.2) is 54.6 Å². The molecule has 1 atom stereocenters. The van der Waals surface area contributed by atoms with Gasteiger partial charge in [-0.15, -0.1) is 0 Å². The molecule has 0 saturated carbocycles. The van der Waals surface area contributed by atoms with Gasteiger partial charge in [0.25, 0.3) is 11.8 Å². The molecule has 4 rings (SSSR count). The molecule has 2 aliphatic rings. The monoisotopic (exact) mass is 321 g/mol. The summed E-state index contributed by atoms with van der Waals surface area (Å²) in [7, 11) is 0. The minimum absolute atomic E-state index is 0.415. The zero-order chi connectivity index (χ0) is 16.7. The van der Waals surface area contributed by atoms with E-state index in [4.69, 9.17) is 9.57 Å². The Morgan fingerprint density at radius 2 is 1.75 bits per heavy atom. The molecule has 6 nitrogen and oxygen atoms in total. The Kier molecular flexibility index (Phi) is 3.16. The molecule has 0 aliphatic carbocycles.